The zero-order valence-electron chi connectivity index (χ0n) is 8.62. The molecule has 1 aromatic heterocycles. The summed E-state index contributed by atoms with van der Waals surface area (Å²) in [6, 6.07) is 0. The molecule has 0 spiro atoms. The Hall–Kier alpha value is -0.310. The molecule has 0 aliphatic heterocycles. The van der Waals surface area contributed by atoms with Crippen LogP contribution in [0.4, 0.5) is 0 Å². The normalized spacial score (nSPS) is 27.0. The van der Waals surface area contributed by atoms with Crippen LogP contribution in [0.25, 0.3) is 0 Å². The Bertz CT molecular complexity index is 295. The highest BCUT2D eigenvalue weighted by Gasteiger charge is 2.21. The number of nitrogens with zero attached hydrogens (tertiary/aromatic N) is 2. The molecular weight excluding hydrogens is 240 g/mol. The van der Waals surface area contributed by atoms with Gasteiger partial charge in [-0.25, -0.2) is 4.98 Å². The SMILES string of the molecule is CC1CCC(Cn2cnc(CBr)c2)C1. The second-order valence-electron chi connectivity index (χ2n) is 4.48. The number of imidazole rings is 1. The average molecular weight is 257 g/mol. The summed E-state index contributed by atoms with van der Waals surface area (Å²) < 4.78 is 2.24. The van der Waals surface area contributed by atoms with Gasteiger partial charge in [0.2, 0.25) is 0 Å². The average Bonchev–Trinajstić information content (AvgIpc) is 2.76. The molecule has 1 heterocycles. The van der Waals surface area contributed by atoms with Gasteiger partial charge >= 0.3 is 0 Å². The molecule has 2 rings (SSSR count). The predicted molar refractivity (Wildman–Crippen MR) is 61.4 cm³/mol. The van der Waals surface area contributed by atoms with Crippen molar-refractivity contribution in [3.8, 4) is 0 Å². The monoisotopic (exact) mass is 256 g/mol. The molecule has 2 unspecified atom stereocenters. The van der Waals surface area contributed by atoms with Gasteiger partial charge in [0, 0.05) is 18.1 Å². The molecule has 0 saturated heterocycles. The maximum Gasteiger partial charge on any atom is 0.0949 e. The summed E-state index contributed by atoms with van der Waals surface area (Å²) in [6.07, 6.45) is 8.30. The van der Waals surface area contributed by atoms with Gasteiger partial charge in [-0.1, -0.05) is 29.3 Å². The minimum Gasteiger partial charge on any atom is -0.337 e. The van der Waals surface area contributed by atoms with E-state index in [0.717, 1.165) is 29.4 Å². The minimum atomic E-state index is 0.862. The fourth-order valence-corrected chi connectivity index (χ4v) is 2.65. The first-order chi connectivity index (χ1) is 6.78. The van der Waals surface area contributed by atoms with Crippen molar-refractivity contribution in [1.82, 2.24) is 9.55 Å². The quantitative estimate of drug-likeness (QED) is 0.760. The lowest BCUT2D eigenvalue weighted by atomic mass is 10.1. The van der Waals surface area contributed by atoms with Crippen LogP contribution >= 0.6 is 15.9 Å². The summed E-state index contributed by atoms with van der Waals surface area (Å²) in [7, 11) is 0. The summed E-state index contributed by atoms with van der Waals surface area (Å²) in [5.41, 5.74) is 1.14. The molecular formula is C11H17BrN2. The second kappa shape index (κ2) is 4.47. The summed E-state index contributed by atoms with van der Waals surface area (Å²) in [6.45, 7) is 3.52. The third-order valence-corrected chi connectivity index (χ3v) is 3.67. The van der Waals surface area contributed by atoms with Crippen LogP contribution in [-0.4, -0.2) is 9.55 Å². The Morgan fingerprint density at radius 2 is 2.43 bits per heavy atom. The van der Waals surface area contributed by atoms with Gasteiger partial charge in [-0.2, -0.15) is 0 Å². The Labute approximate surface area is 93.9 Å². The fraction of sp³-hybridized carbons (Fsp3) is 0.727. The summed E-state index contributed by atoms with van der Waals surface area (Å²) >= 11 is 3.42. The van der Waals surface area contributed by atoms with Gasteiger partial charge in [-0.3, -0.25) is 0 Å². The standard InChI is InChI=1S/C11H17BrN2/c1-9-2-3-10(4-9)6-14-7-11(5-12)13-8-14/h7-10H,2-6H2,1H3. The van der Waals surface area contributed by atoms with E-state index in [1.54, 1.807) is 0 Å². The number of hydrogen-bond donors (Lipinski definition) is 0. The molecule has 1 saturated carbocycles. The maximum atomic E-state index is 4.31. The van der Waals surface area contributed by atoms with Crippen LogP contribution in [0.1, 0.15) is 31.9 Å². The lowest BCUT2D eigenvalue weighted by Gasteiger charge is -2.09. The molecule has 14 heavy (non-hydrogen) atoms. The van der Waals surface area contributed by atoms with Crippen molar-refractivity contribution in [1.29, 1.82) is 0 Å². The first kappa shape index (κ1) is 10.2. The molecule has 2 nitrogen and oxygen atoms in total. The Morgan fingerprint density at radius 1 is 1.57 bits per heavy atom. The molecule has 1 aliphatic carbocycles. The molecule has 1 aliphatic rings. The summed E-state index contributed by atoms with van der Waals surface area (Å²) in [5.74, 6) is 1.81. The van der Waals surface area contributed by atoms with E-state index in [-0.39, 0.29) is 0 Å². The summed E-state index contributed by atoms with van der Waals surface area (Å²) in [5, 5.41) is 0.862. The fourth-order valence-electron chi connectivity index (χ4n) is 2.36. The highest BCUT2D eigenvalue weighted by Crippen LogP contribution is 2.31. The third-order valence-electron chi connectivity index (χ3n) is 3.10. The van der Waals surface area contributed by atoms with E-state index >= 15 is 0 Å². The Balaban J connectivity index is 1.90. The van der Waals surface area contributed by atoms with E-state index in [1.165, 1.54) is 19.3 Å². The molecule has 3 heteroatoms. The highest BCUT2D eigenvalue weighted by atomic mass is 79.9. The van der Waals surface area contributed by atoms with Gasteiger partial charge in [0.15, 0.2) is 0 Å². The van der Waals surface area contributed by atoms with Crippen molar-refractivity contribution in [3.05, 3.63) is 18.2 Å². The van der Waals surface area contributed by atoms with Crippen molar-refractivity contribution >= 4 is 15.9 Å². The lowest BCUT2D eigenvalue weighted by molar-refractivity contribution is 0.440. The van der Waals surface area contributed by atoms with Gasteiger partial charge in [0.25, 0.3) is 0 Å². The van der Waals surface area contributed by atoms with E-state index in [9.17, 15) is 0 Å². The number of rotatable bonds is 3. The van der Waals surface area contributed by atoms with E-state index in [0.29, 0.717) is 0 Å². The van der Waals surface area contributed by atoms with E-state index in [2.05, 4.69) is 38.6 Å². The van der Waals surface area contributed by atoms with Crippen LogP contribution in [0.3, 0.4) is 0 Å². The smallest absolute Gasteiger partial charge is 0.0949 e. The summed E-state index contributed by atoms with van der Waals surface area (Å²) in [4.78, 5) is 4.31. The number of aromatic nitrogens is 2. The van der Waals surface area contributed by atoms with E-state index in [4.69, 9.17) is 0 Å². The van der Waals surface area contributed by atoms with Crippen molar-refractivity contribution in [3.63, 3.8) is 0 Å². The van der Waals surface area contributed by atoms with Gasteiger partial charge in [-0.15, -0.1) is 0 Å². The van der Waals surface area contributed by atoms with E-state index in [1.807, 2.05) is 6.33 Å². The zero-order chi connectivity index (χ0) is 9.97. The first-order valence-electron chi connectivity index (χ1n) is 5.34. The van der Waals surface area contributed by atoms with Gasteiger partial charge in [0.05, 0.1) is 12.0 Å². The Morgan fingerprint density at radius 3 is 3.00 bits per heavy atom. The zero-order valence-corrected chi connectivity index (χ0v) is 10.2. The molecule has 0 bridgehead atoms. The van der Waals surface area contributed by atoms with Crippen LogP contribution in [-0.2, 0) is 11.9 Å². The molecule has 1 fully saturated rings. The van der Waals surface area contributed by atoms with Crippen molar-refractivity contribution in [2.24, 2.45) is 11.8 Å². The van der Waals surface area contributed by atoms with Crippen molar-refractivity contribution < 1.29 is 0 Å². The van der Waals surface area contributed by atoms with E-state index < -0.39 is 0 Å². The van der Waals surface area contributed by atoms with Crippen molar-refractivity contribution in [2.45, 2.75) is 38.1 Å². The number of halogens is 1. The van der Waals surface area contributed by atoms with Crippen LogP contribution < -0.4 is 0 Å². The topological polar surface area (TPSA) is 17.8 Å². The molecule has 1 aromatic rings. The predicted octanol–water partition coefficient (Wildman–Crippen LogP) is 3.21. The maximum absolute atomic E-state index is 4.31. The number of alkyl halides is 1. The molecule has 0 aromatic carbocycles. The van der Waals surface area contributed by atoms with Gasteiger partial charge < -0.3 is 4.57 Å². The molecule has 0 N–H and O–H groups in total. The minimum absolute atomic E-state index is 0.862. The van der Waals surface area contributed by atoms with Crippen LogP contribution in [0.15, 0.2) is 12.5 Å². The third kappa shape index (κ3) is 2.38. The molecule has 0 radical (unpaired) electrons. The van der Waals surface area contributed by atoms with Gasteiger partial charge in [0.1, 0.15) is 0 Å². The van der Waals surface area contributed by atoms with Crippen LogP contribution in [0, 0.1) is 11.8 Å². The first-order valence-corrected chi connectivity index (χ1v) is 6.46. The number of hydrogen-bond acceptors (Lipinski definition) is 1. The molecule has 2 atom stereocenters. The largest absolute Gasteiger partial charge is 0.337 e. The molecule has 78 valence electrons. The van der Waals surface area contributed by atoms with Crippen LogP contribution in [0.5, 0.6) is 0 Å². The highest BCUT2D eigenvalue weighted by molar-refractivity contribution is 9.08. The van der Waals surface area contributed by atoms with Crippen LogP contribution in [0.2, 0.25) is 0 Å². The molecule has 0 amide bonds. The van der Waals surface area contributed by atoms with Gasteiger partial charge in [-0.05, 0) is 24.7 Å². The van der Waals surface area contributed by atoms with Crippen molar-refractivity contribution in [2.75, 3.05) is 0 Å². The Kier molecular flexibility index (Phi) is 3.26. The second-order valence-corrected chi connectivity index (χ2v) is 5.04. The lowest BCUT2D eigenvalue weighted by Crippen LogP contribution is -2.05.